The molecule has 0 saturated carbocycles. The summed E-state index contributed by atoms with van der Waals surface area (Å²) >= 11 is 11.4. The summed E-state index contributed by atoms with van der Waals surface area (Å²) in [5.74, 6) is -1.30. The minimum atomic E-state index is -4.11. The molecule has 0 aliphatic heterocycles. The Morgan fingerprint density at radius 3 is 1.56 bits per heavy atom. The second-order valence-electron chi connectivity index (χ2n) is 11.3. The van der Waals surface area contributed by atoms with Crippen LogP contribution in [0.1, 0.15) is 10.4 Å². The molecule has 0 fully saturated rings. The van der Waals surface area contributed by atoms with Crippen molar-refractivity contribution in [2.24, 2.45) is 5.14 Å². The van der Waals surface area contributed by atoms with Crippen LogP contribution in [-0.2, 0) is 30.1 Å². The van der Waals surface area contributed by atoms with E-state index in [0.29, 0.717) is 22.1 Å². The third-order valence-corrected chi connectivity index (χ3v) is 11.8. The van der Waals surface area contributed by atoms with Gasteiger partial charge in [-0.3, -0.25) is 9.44 Å². The van der Waals surface area contributed by atoms with Gasteiger partial charge in [0.2, 0.25) is 10.0 Å². The molecule has 0 spiro atoms. The Morgan fingerprint density at radius 2 is 1.06 bits per heavy atom. The number of primary sulfonamides is 1. The summed E-state index contributed by atoms with van der Waals surface area (Å²) in [5.41, 5.74) is 0.897. The van der Waals surface area contributed by atoms with Crippen LogP contribution in [0, 0.1) is 0 Å². The van der Waals surface area contributed by atoms with Crippen molar-refractivity contribution < 1.29 is 35.2 Å². The van der Waals surface area contributed by atoms with Crippen molar-refractivity contribution in [3.63, 3.8) is 0 Å². The van der Waals surface area contributed by atoms with Gasteiger partial charge in [0.1, 0.15) is 0 Å². The molecule has 6 aromatic carbocycles. The SMILES string of the molecule is NS(=O)(=O)c1cccc(NS(=O)(=O)c2ccc3ccc(NC(=S)Nc4ccc5ccc(S(=O)(=O)Nc6ccc(Cl)c(C(=O)O)c6)cc5c4)cc3c2)c1. The summed E-state index contributed by atoms with van der Waals surface area (Å²) < 4.78 is 80.8. The van der Waals surface area contributed by atoms with Crippen LogP contribution < -0.4 is 25.2 Å². The molecule has 266 valence electrons. The van der Waals surface area contributed by atoms with Gasteiger partial charge in [-0.15, -0.1) is 0 Å². The van der Waals surface area contributed by atoms with Crippen LogP contribution in [0.15, 0.2) is 130 Å². The quantitative estimate of drug-likeness (QED) is 0.0835. The van der Waals surface area contributed by atoms with Crippen LogP contribution in [0.2, 0.25) is 5.02 Å². The number of anilines is 4. The minimum Gasteiger partial charge on any atom is -0.478 e. The van der Waals surface area contributed by atoms with E-state index in [9.17, 15) is 35.2 Å². The van der Waals surface area contributed by atoms with Gasteiger partial charge in [0.15, 0.2) is 5.11 Å². The number of carboxylic acids is 1. The number of halogens is 1. The van der Waals surface area contributed by atoms with Gasteiger partial charge in [-0.05, 0) is 119 Å². The number of sulfonamides is 3. The first-order valence-corrected chi connectivity index (χ1v) is 20.1. The fourth-order valence-corrected chi connectivity index (χ4v) is 8.31. The number of nitrogens with two attached hydrogens (primary N) is 1. The highest BCUT2D eigenvalue weighted by molar-refractivity contribution is 7.93. The number of benzene rings is 6. The van der Waals surface area contributed by atoms with Crippen molar-refractivity contribution in [2.75, 3.05) is 20.1 Å². The Hall–Kier alpha value is -5.30. The Balaban J connectivity index is 1.17. The second kappa shape index (κ2) is 14.0. The number of rotatable bonds is 10. The number of aromatic carboxylic acids is 1. The number of fused-ring (bicyclic) bond motifs is 2. The lowest BCUT2D eigenvalue weighted by atomic mass is 10.1. The maximum absolute atomic E-state index is 13.2. The first kappa shape index (κ1) is 36.5. The minimum absolute atomic E-state index is 0.0238. The average Bonchev–Trinajstić information content (AvgIpc) is 3.07. The molecule has 0 aromatic heterocycles. The Labute approximate surface area is 308 Å². The van der Waals surface area contributed by atoms with Crippen LogP contribution in [0.5, 0.6) is 0 Å². The van der Waals surface area contributed by atoms with Crippen LogP contribution >= 0.6 is 23.8 Å². The van der Waals surface area contributed by atoms with Crippen molar-refractivity contribution in [2.45, 2.75) is 14.7 Å². The van der Waals surface area contributed by atoms with Crippen LogP contribution in [0.25, 0.3) is 21.5 Å². The first-order chi connectivity index (χ1) is 24.5. The lowest BCUT2D eigenvalue weighted by Crippen LogP contribution is -2.19. The summed E-state index contributed by atoms with van der Waals surface area (Å²) in [6, 6.07) is 28.5. The lowest BCUT2D eigenvalue weighted by molar-refractivity contribution is 0.0697. The largest absolute Gasteiger partial charge is 0.478 e. The highest BCUT2D eigenvalue weighted by atomic mass is 35.5. The molecular weight excluding hydrogens is 770 g/mol. The molecule has 0 amide bonds. The van der Waals surface area contributed by atoms with Crippen LogP contribution in [0.4, 0.5) is 22.7 Å². The molecule has 0 saturated heterocycles. The maximum Gasteiger partial charge on any atom is 0.337 e. The normalized spacial score (nSPS) is 12.0. The molecule has 7 N–H and O–H groups in total. The molecule has 0 aliphatic carbocycles. The fourth-order valence-electron chi connectivity index (χ4n) is 5.15. The van der Waals surface area contributed by atoms with Gasteiger partial charge in [0.05, 0.1) is 31.0 Å². The van der Waals surface area contributed by atoms with E-state index in [1.807, 2.05) is 0 Å². The molecule has 6 rings (SSSR count). The molecule has 13 nitrogen and oxygen atoms in total. The maximum atomic E-state index is 13.2. The number of nitrogens with one attached hydrogen (secondary N) is 4. The molecule has 6 aromatic rings. The number of carboxylic acid groups (broad SMARTS) is 1. The molecule has 0 radical (unpaired) electrons. The van der Waals surface area contributed by atoms with Crippen LogP contribution in [-0.4, -0.2) is 41.4 Å². The Bertz CT molecular complexity index is 2780. The van der Waals surface area contributed by atoms with Gasteiger partial charge < -0.3 is 15.7 Å². The number of hydrogen-bond donors (Lipinski definition) is 6. The van der Waals surface area contributed by atoms with Gasteiger partial charge in [-0.25, -0.2) is 35.2 Å². The predicted molar refractivity (Wildman–Crippen MR) is 206 cm³/mol. The summed E-state index contributed by atoms with van der Waals surface area (Å²) in [7, 11) is -12.3. The number of hydrogen-bond acceptors (Lipinski definition) is 8. The molecule has 0 aliphatic rings. The first-order valence-electron chi connectivity index (χ1n) is 14.8. The van der Waals surface area contributed by atoms with E-state index in [1.54, 1.807) is 48.5 Å². The number of thiocarbonyl (C=S) groups is 1. The predicted octanol–water partition coefficient (Wildman–Crippen LogP) is 6.40. The average molecular weight is 796 g/mol. The molecule has 0 atom stereocenters. The summed E-state index contributed by atoms with van der Waals surface area (Å²) in [4.78, 5) is 11.1. The van der Waals surface area contributed by atoms with Gasteiger partial charge in [-0.2, -0.15) is 0 Å². The van der Waals surface area contributed by atoms with E-state index >= 15 is 0 Å². The van der Waals surface area contributed by atoms with E-state index < -0.39 is 36.0 Å². The topological polar surface area (TPSA) is 214 Å². The summed E-state index contributed by atoms with van der Waals surface area (Å²) in [6.45, 7) is 0. The van der Waals surface area contributed by atoms with E-state index in [-0.39, 0.29) is 41.8 Å². The summed E-state index contributed by atoms with van der Waals surface area (Å²) in [5, 5.41) is 23.4. The number of carbonyl (C=O) groups is 1. The van der Waals surface area contributed by atoms with Gasteiger partial charge in [0.25, 0.3) is 20.0 Å². The highest BCUT2D eigenvalue weighted by Crippen LogP contribution is 2.28. The second-order valence-corrected chi connectivity index (χ2v) is 17.1. The summed E-state index contributed by atoms with van der Waals surface area (Å²) in [6.07, 6.45) is 0. The monoisotopic (exact) mass is 795 g/mol. The van der Waals surface area contributed by atoms with Crippen molar-refractivity contribution >= 4 is 109 Å². The Morgan fingerprint density at radius 1 is 0.577 bits per heavy atom. The van der Waals surface area contributed by atoms with E-state index in [4.69, 9.17) is 29.0 Å². The fraction of sp³-hybridized carbons (Fsp3) is 0. The van der Waals surface area contributed by atoms with E-state index in [0.717, 1.165) is 22.9 Å². The highest BCUT2D eigenvalue weighted by Gasteiger charge is 2.19. The third-order valence-electron chi connectivity index (χ3n) is 7.62. The molecule has 52 heavy (non-hydrogen) atoms. The standard InChI is InChI=1S/C34H26ClN5O8S4/c35-32-13-10-27(19-31(32)33(41)42)40-52(47,48)30-12-7-21-5-9-25(15-23(21)17-30)38-34(49)37-24-8-4-20-6-11-29(16-22(20)14-24)51(45,46)39-26-2-1-3-28(18-26)50(36,43)44/h1-19,39-40H,(H,41,42)(H2,36,43,44)(H2,37,38,49). The Kier molecular flexibility index (Phi) is 9.84. The molecule has 0 unspecified atom stereocenters. The van der Waals surface area contributed by atoms with E-state index in [2.05, 4.69) is 20.1 Å². The van der Waals surface area contributed by atoms with Crippen molar-refractivity contribution in [3.8, 4) is 0 Å². The lowest BCUT2D eigenvalue weighted by Gasteiger charge is -2.13. The molecule has 18 heteroatoms. The van der Waals surface area contributed by atoms with Crippen LogP contribution in [0.3, 0.4) is 0 Å². The zero-order chi connectivity index (χ0) is 37.4. The molecule has 0 heterocycles. The zero-order valence-electron chi connectivity index (χ0n) is 26.4. The van der Waals surface area contributed by atoms with E-state index in [1.165, 1.54) is 54.6 Å². The third kappa shape index (κ3) is 8.25. The zero-order valence-corrected chi connectivity index (χ0v) is 30.4. The molecular formula is C34H26ClN5O8S4. The van der Waals surface area contributed by atoms with Gasteiger partial charge in [-0.1, -0.05) is 41.9 Å². The van der Waals surface area contributed by atoms with Crippen molar-refractivity contribution in [3.05, 3.63) is 126 Å². The molecule has 0 bridgehead atoms. The van der Waals surface area contributed by atoms with Crippen molar-refractivity contribution in [1.29, 1.82) is 0 Å². The van der Waals surface area contributed by atoms with Gasteiger partial charge >= 0.3 is 5.97 Å². The smallest absolute Gasteiger partial charge is 0.337 e. The van der Waals surface area contributed by atoms with Crippen molar-refractivity contribution in [1.82, 2.24) is 0 Å². The van der Waals surface area contributed by atoms with Gasteiger partial charge in [0, 0.05) is 17.1 Å².